The zero-order chi connectivity index (χ0) is 27.8. The molecule has 1 N–H and O–H groups in total. The molecule has 1 amide bonds. The van der Waals surface area contributed by atoms with E-state index in [2.05, 4.69) is 22.1 Å². The number of hydrogen-bond acceptors (Lipinski definition) is 9. The van der Waals surface area contributed by atoms with E-state index in [1.54, 1.807) is 22.8 Å². The Balaban J connectivity index is 1.75. The largest absolute Gasteiger partial charge is 0.483 e. The predicted octanol–water partition coefficient (Wildman–Crippen LogP) is 4.87. The fraction of sp³-hybridized carbons (Fsp3) is 0.269. The maximum atomic E-state index is 12.8. The van der Waals surface area contributed by atoms with Crippen LogP contribution in [0.4, 0.5) is 5.69 Å². The number of amides is 1. The Hall–Kier alpha value is -3.83. The van der Waals surface area contributed by atoms with E-state index in [4.69, 9.17) is 25.8 Å². The van der Waals surface area contributed by atoms with Crippen molar-refractivity contribution >= 4 is 46.9 Å². The van der Waals surface area contributed by atoms with Gasteiger partial charge in [0.05, 0.1) is 36.8 Å². The smallest absolute Gasteiger partial charge is 0.339 e. The molecular formula is C26H27ClN4O6S. The molecule has 2 aromatic carbocycles. The number of ether oxygens (including phenoxy) is 3. The van der Waals surface area contributed by atoms with Gasteiger partial charge in [-0.05, 0) is 55.8 Å². The zero-order valence-electron chi connectivity index (χ0n) is 21.3. The molecule has 10 nitrogen and oxygen atoms in total. The minimum absolute atomic E-state index is 0.0516. The second kappa shape index (κ2) is 13.1. The number of nitrogens with one attached hydrogen (secondary N) is 1. The molecule has 1 aromatic heterocycles. The van der Waals surface area contributed by atoms with Crippen LogP contribution in [0.5, 0.6) is 5.75 Å². The minimum atomic E-state index is -0.662. The summed E-state index contributed by atoms with van der Waals surface area (Å²) in [6.45, 7) is 7.92. The molecule has 0 radical (unpaired) electrons. The average Bonchev–Trinajstić information content (AvgIpc) is 3.31. The lowest BCUT2D eigenvalue weighted by molar-refractivity contribution is -0.113. The number of hydrogen-bond donors (Lipinski definition) is 1. The molecule has 3 aromatic rings. The molecule has 0 fully saturated rings. The van der Waals surface area contributed by atoms with Crippen LogP contribution >= 0.6 is 23.4 Å². The molecule has 38 heavy (non-hydrogen) atoms. The van der Waals surface area contributed by atoms with Gasteiger partial charge in [0.1, 0.15) is 5.75 Å². The van der Waals surface area contributed by atoms with Crippen LogP contribution in [0.2, 0.25) is 5.02 Å². The van der Waals surface area contributed by atoms with E-state index < -0.39 is 23.9 Å². The summed E-state index contributed by atoms with van der Waals surface area (Å²) >= 11 is 7.25. The number of benzene rings is 2. The summed E-state index contributed by atoms with van der Waals surface area (Å²) in [7, 11) is 2.46. The van der Waals surface area contributed by atoms with E-state index in [9.17, 15) is 14.4 Å². The lowest BCUT2D eigenvalue weighted by Crippen LogP contribution is -2.18. The van der Waals surface area contributed by atoms with Crippen molar-refractivity contribution in [3.05, 3.63) is 76.6 Å². The predicted molar refractivity (Wildman–Crippen MR) is 144 cm³/mol. The van der Waals surface area contributed by atoms with Gasteiger partial charge in [-0.1, -0.05) is 29.4 Å². The summed E-state index contributed by atoms with van der Waals surface area (Å²) in [6.07, 6.45) is 1.24. The first-order valence-electron chi connectivity index (χ1n) is 11.4. The molecule has 0 aliphatic heterocycles. The third kappa shape index (κ3) is 6.93. The second-order valence-corrected chi connectivity index (χ2v) is 9.34. The van der Waals surface area contributed by atoms with Gasteiger partial charge in [-0.2, -0.15) is 0 Å². The van der Waals surface area contributed by atoms with E-state index in [0.29, 0.717) is 28.3 Å². The number of nitrogens with zero attached hydrogens (tertiary/aromatic N) is 3. The second-order valence-electron chi connectivity index (χ2n) is 7.99. The van der Waals surface area contributed by atoms with Gasteiger partial charge in [0.25, 0.3) is 0 Å². The van der Waals surface area contributed by atoms with Gasteiger partial charge in [0.15, 0.2) is 17.1 Å². The standard InChI is InChI=1S/C26H27ClN4O6S/c1-6-11-31-23(16(3)37-18-8-10-20(27)15(2)12-18)29-30-26(31)38-14-22(32)28-21-13-17(24(33)35-4)7-9-19(21)25(34)36-5/h6-10,12-13,16H,1,11,14H2,2-5H3,(H,28,32). The molecule has 0 saturated carbocycles. The molecule has 0 bridgehead atoms. The Kier molecular flexibility index (Phi) is 9.91. The first-order chi connectivity index (χ1) is 18.2. The third-order valence-electron chi connectivity index (χ3n) is 5.32. The Labute approximate surface area is 229 Å². The van der Waals surface area contributed by atoms with Gasteiger partial charge in [-0.3, -0.25) is 9.36 Å². The molecule has 0 spiro atoms. The average molecular weight is 559 g/mol. The molecule has 200 valence electrons. The van der Waals surface area contributed by atoms with Crippen molar-refractivity contribution in [2.75, 3.05) is 25.3 Å². The van der Waals surface area contributed by atoms with Gasteiger partial charge in [0.2, 0.25) is 5.91 Å². The highest BCUT2D eigenvalue weighted by atomic mass is 35.5. The minimum Gasteiger partial charge on any atom is -0.483 e. The number of thioether (sulfide) groups is 1. The van der Waals surface area contributed by atoms with Crippen molar-refractivity contribution in [2.24, 2.45) is 0 Å². The number of esters is 2. The summed E-state index contributed by atoms with van der Waals surface area (Å²) in [5.74, 6) is -0.566. The van der Waals surface area contributed by atoms with Crippen molar-refractivity contribution in [3.8, 4) is 5.75 Å². The molecule has 0 saturated heterocycles. The van der Waals surface area contributed by atoms with Gasteiger partial charge in [-0.15, -0.1) is 16.8 Å². The Bertz CT molecular complexity index is 1360. The lowest BCUT2D eigenvalue weighted by atomic mass is 10.1. The fourth-order valence-corrected chi connectivity index (χ4v) is 4.32. The summed E-state index contributed by atoms with van der Waals surface area (Å²) in [5, 5.41) is 12.3. The zero-order valence-corrected chi connectivity index (χ0v) is 22.9. The number of anilines is 1. The number of carbonyl (C=O) groups excluding carboxylic acids is 3. The van der Waals surface area contributed by atoms with E-state index in [1.807, 2.05) is 19.9 Å². The molecular weight excluding hydrogens is 532 g/mol. The fourth-order valence-electron chi connectivity index (χ4n) is 3.45. The Morgan fingerprint density at radius 1 is 1.13 bits per heavy atom. The lowest BCUT2D eigenvalue weighted by Gasteiger charge is -2.16. The third-order valence-corrected chi connectivity index (χ3v) is 6.71. The van der Waals surface area contributed by atoms with Crippen molar-refractivity contribution in [2.45, 2.75) is 31.7 Å². The van der Waals surface area contributed by atoms with E-state index in [0.717, 1.165) is 17.3 Å². The van der Waals surface area contributed by atoms with E-state index in [1.165, 1.54) is 32.4 Å². The van der Waals surface area contributed by atoms with Crippen molar-refractivity contribution < 1.29 is 28.6 Å². The van der Waals surface area contributed by atoms with Crippen LogP contribution in [-0.2, 0) is 20.8 Å². The first-order valence-corrected chi connectivity index (χ1v) is 12.7. The Morgan fingerprint density at radius 2 is 1.87 bits per heavy atom. The number of rotatable bonds is 11. The van der Waals surface area contributed by atoms with Gasteiger partial charge in [0, 0.05) is 11.6 Å². The molecule has 1 unspecified atom stereocenters. The van der Waals surface area contributed by atoms with E-state index >= 15 is 0 Å². The van der Waals surface area contributed by atoms with Crippen LogP contribution in [0, 0.1) is 6.92 Å². The van der Waals surface area contributed by atoms with Gasteiger partial charge in [-0.25, -0.2) is 9.59 Å². The van der Waals surface area contributed by atoms with Crippen molar-refractivity contribution in [3.63, 3.8) is 0 Å². The molecule has 1 atom stereocenters. The van der Waals surface area contributed by atoms with Crippen molar-refractivity contribution in [1.82, 2.24) is 14.8 Å². The molecule has 0 aliphatic rings. The normalized spacial score (nSPS) is 11.4. The molecule has 3 rings (SSSR count). The summed E-state index contributed by atoms with van der Waals surface area (Å²) in [5.41, 5.74) is 1.28. The highest BCUT2D eigenvalue weighted by Crippen LogP contribution is 2.28. The molecule has 0 aliphatic carbocycles. The van der Waals surface area contributed by atoms with Crippen LogP contribution in [0.15, 0.2) is 54.2 Å². The SMILES string of the molecule is C=CCn1c(SCC(=O)Nc2cc(C(=O)OC)ccc2C(=O)OC)nnc1C(C)Oc1ccc(Cl)c(C)c1. The monoisotopic (exact) mass is 558 g/mol. The molecule has 1 heterocycles. The molecule has 12 heteroatoms. The number of allylic oxidation sites excluding steroid dienone is 1. The number of halogens is 1. The highest BCUT2D eigenvalue weighted by molar-refractivity contribution is 7.99. The van der Waals surface area contributed by atoms with E-state index in [-0.39, 0.29) is 22.6 Å². The number of aryl methyl sites for hydroxylation is 1. The quantitative estimate of drug-likeness (QED) is 0.199. The highest BCUT2D eigenvalue weighted by Gasteiger charge is 2.21. The summed E-state index contributed by atoms with van der Waals surface area (Å²) in [4.78, 5) is 36.9. The number of carbonyl (C=O) groups is 3. The maximum absolute atomic E-state index is 12.8. The van der Waals surface area contributed by atoms with Crippen LogP contribution in [0.1, 0.15) is 45.1 Å². The number of aromatic nitrogens is 3. The van der Waals surface area contributed by atoms with Gasteiger partial charge < -0.3 is 19.5 Å². The van der Waals surface area contributed by atoms with Crippen LogP contribution in [0.3, 0.4) is 0 Å². The summed E-state index contributed by atoms with van der Waals surface area (Å²) in [6, 6.07) is 9.53. The first kappa shape index (κ1) is 28.7. The van der Waals surface area contributed by atoms with Crippen LogP contribution in [-0.4, -0.2) is 52.6 Å². The van der Waals surface area contributed by atoms with Gasteiger partial charge >= 0.3 is 11.9 Å². The van der Waals surface area contributed by atoms with Crippen LogP contribution in [0.25, 0.3) is 0 Å². The van der Waals surface area contributed by atoms with Crippen molar-refractivity contribution in [1.29, 1.82) is 0 Å². The van der Waals surface area contributed by atoms with Crippen LogP contribution < -0.4 is 10.1 Å². The Morgan fingerprint density at radius 3 is 2.53 bits per heavy atom. The topological polar surface area (TPSA) is 122 Å². The maximum Gasteiger partial charge on any atom is 0.339 e. The number of methoxy groups -OCH3 is 2. The summed E-state index contributed by atoms with van der Waals surface area (Å²) < 4.78 is 17.3.